The predicted molar refractivity (Wildman–Crippen MR) is 80.0 cm³/mol. The lowest BCUT2D eigenvalue weighted by atomic mass is 9.46. The molecule has 0 aromatic heterocycles. The normalized spacial score (nSPS) is 59.9. The van der Waals surface area contributed by atoms with Gasteiger partial charge in [-0.2, -0.15) is 0 Å². The summed E-state index contributed by atoms with van der Waals surface area (Å²) >= 11 is 0. The highest BCUT2D eigenvalue weighted by Gasteiger charge is 2.67. The number of ether oxygens (including phenoxy) is 1. The Morgan fingerprint density at radius 2 is 1.58 bits per heavy atom. The summed E-state index contributed by atoms with van der Waals surface area (Å²) in [5.74, 6) is 1.18. The monoisotopic (exact) mass is 260 g/mol. The third-order valence-corrected chi connectivity index (χ3v) is 7.38. The lowest BCUT2D eigenvalue weighted by Gasteiger charge is -2.67. The molecule has 1 nitrogen and oxygen atoms in total. The van der Waals surface area contributed by atoms with Gasteiger partial charge in [-0.1, -0.05) is 52.0 Å². The van der Waals surface area contributed by atoms with E-state index in [9.17, 15) is 0 Å². The molecule has 6 atom stereocenters. The summed E-state index contributed by atoms with van der Waals surface area (Å²) in [4.78, 5) is 0. The molecular formula is C18H28O. The lowest BCUT2D eigenvalue weighted by Crippen LogP contribution is -2.69. The summed E-state index contributed by atoms with van der Waals surface area (Å²) in [5, 5.41) is 0. The molecular weight excluding hydrogens is 232 g/mol. The summed E-state index contributed by atoms with van der Waals surface area (Å²) in [6.45, 7) is 14.3. The fraction of sp³-hybridized carbons (Fsp3) is 0.778. The zero-order valence-electron chi connectivity index (χ0n) is 13.3. The molecule has 1 fully saturated rings. The van der Waals surface area contributed by atoms with Crippen LogP contribution in [-0.2, 0) is 4.74 Å². The molecule has 0 amide bonds. The Morgan fingerprint density at radius 3 is 2.26 bits per heavy atom. The second kappa shape index (κ2) is 3.55. The molecule has 0 aromatic carbocycles. The summed E-state index contributed by atoms with van der Waals surface area (Å²) in [6, 6.07) is 0. The van der Waals surface area contributed by atoms with Gasteiger partial charge in [-0.3, -0.25) is 0 Å². The Labute approximate surface area is 118 Å². The van der Waals surface area contributed by atoms with Gasteiger partial charge in [0.25, 0.3) is 0 Å². The molecule has 19 heavy (non-hydrogen) atoms. The maximum Gasteiger partial charge on any atom is 0.0786 e. The Kier molecular flexibility index (Phi) is 2.51. The second-order valence-electron chi connectivity index (χ2n) is 7.88. The van der Waals surface area contributed by atoms with E-state index in [-0.39, 0.29) is 22.0 Å². The first kappa shape index (κ1) is 13.4. The minimum absolute atomic E-state index is 0.0361. The van der Waals surface area contributed by atoms with Crippen molar-refractivity contribution in [2.45, 2.75) is 65.6 Å². The van der Waals surface area contributed by atoms with Crippen LogP contribution in [0.1, 0.15) is 54.4 Å². The van der Waals surface area contributed by atoms with Crippen molar-refractivity contribution in [2.75, 3.05) is 0 Å². The first-order valence-electron chi connectivity index (χ1n) is 7.74. The van der Waals surface area contributed by atoms with Crippen LogP contribution in [-0.4, -0.2) is 11.2 Å². The van der Waals surface area contributed by atoms with E-state index in [1.165, 1.54) is 0 Å². The number of rotatable bonds is 0. The van der Waals surface area contributed by atoms with Crippen LogP contribution >= 0.6 is 0 Å². The second-order valence-corrected chi connectivity index (χ2v) is 7.88. The van der Waals surface area contributed by atoms with Gasteiger partial charge < -0.3 is 4.74 Å². The molecule has 3 aliphatic rings. The van der Waals surface area contributed by atoms with Crippen LogP contribution in [0.15, 0.2) is 24.3 Å². The van der Waals surface area contributed by atoms with E-state index >= 15 is 0 Å². The first-order chi connectivity index (χ1) is 8.70. The Morgan fingerprint density at radius 1 is 0.947 bits per heavy atom. The fourth-order valence-corrected chi connectivity index (χ4v) is 5.20. The van der Waals surface area contributed by atoms with Gasteiger partial charge >= 0.3 is 0 Å². The van der Waals surface area contributed by atoms with Crippen LogP contribution in [0.3, 0.4) is 0 Å². The van der Waals surface area contributed by atoms with Gasteiger partial charge in [-0.25, -0.2) is 0 Å². The van der Waals surface area contributed by atoms with Crippen LogP contribution in [0.5, 0.6) is 0 Å². The third kappa shape index (κ3) is 1.31. The first-order valence-corrected chi connectivity index (χ1v) is 7.74. The summed E-state index contributed by atoms with van der Waals surface area (Å²) in [6.07, 6.45) is 11.6. The van der Waals surface area contributed by atoms with E-state index in [0.29, 0.717) is 11.8 Å². The zero-order chi connectivity index (χ0) is 14.1. The quantitative estimate of drug-likeness (QED) is 0.572. The number of hydrogen-bond donors (Lipinski definition) is 0. The zero-order valence-corrected chi connectivity index (χ0v) is 13.3. The minimum atomic E-state index is -0.0408. The van der Waals surface area contributed by atoms with Crippen LogP contribution in [0.2, 0.25) is 0 Å². The van der Waals surface area contributed by atoms with E-state index in [4.69, 9.17) is 4.74 Å². The topological polar surface area (TPSA) is 9.23 Å². The molecule has 0 radical (unpaired) electrons. The Hall–Kier alpha value is -0.560. The van der Waals surface area contributed by atoms with E-state index in [1.807, 2.05) is 0 Å². The van der Waals surface area contributed by atoms with E-state index in [2.05, 4.69) is 65.8 Å². The van der Waals surface area contributed by atoms with E-state index < -0.39 is 0 Å². The van der Waals surface area contributed by atoms with Gasteiger partial charge in [-0.05, 0) is 38.5 Å². The van der Waals surface area contributed by atoms with Gasteiger partial charge in [0.15, 0.2) is 0 Å². The molecule has 0 bridgehead atoms. The summed E-state index contributed by atoms with van der Waals surface area (Å²) in [5.41, 5.74) is 0.276. The molecule has 6 unspecified atom stereocenters. The van der Waals surface area contributed by atoms with Crippen molar-refractivity contribution in [3.8, 4) is 0 Å². The van der Waals surface area contributed by atoms with Crippen molar-refractivity contribution < 1.29 is 4.74 Å². The number of fused-ring (bicyclic) bond motifs is 2. The third-order valence-electron chi connectivity index (χ3n) is 7.38. The molecule has 1 heteroatoms. The van der Waals surface area contributed by atoms with Crippen molar-refractivity contribution in [3.05, 3.63) is 24.3 Å². The van der Waals surface area contributed by atoms with E-state index in [0.717, 1.165) is 12.8 Å². The average Bonchev–Trinajstić information content (AvgIpc) is 2.61. The molecule has 0 aromatic rings. The molecule has 0 N–H and O–H groups in total. The highest BCUT2D eigenvalue weighted by atomic mass is 16.5. The minimum Gasteiger partial charge on any atom is -0.367 e. The SMILES string of the molecule is CC1C=CCC2(C)OC3(C)CC=CC3(C)C(C)C12C. The molecule has 0 saturated carbocycles. The van der Waals surface area contributed by atoms with Crippen molar-refractivity contribution in [1.29, 1.82) is 0 Å². The van der Waals surface area contributed by atoms with Gasteiger partial charge in [0, 0.05) is 10.8 Å². The van der Waals surface area contributed by atoms with Gasteiger partial charge in [-0.15, -0.1) is 0 Å². The van der Waals surface area contributed by atoms with Gasteiger partial charge in [0.2, 0.25) is 0 Å². The number of hydrogen-bond acceptors (Lipinski definition) is 1. The Balaban J connectivity index is 2.17. The maximum absolute atomic E-state index is 6.82. The molecule has 3 rings (SSSR count). The summed E-state index contributed by atoms with van der Waals surface area (Å²) in [7, 11) is 0. The average molecular weight is 260 g/mol. The smallest absolute Gasteiger partial charge is 0.0786 e. The van der Waals surface area contributed by atoms with Crippen molar-refractivity contribution in [2.24, 2.45) is 22.7 Å². The predicted octanol–water partition coefficient (Wildman–Crippen LogP) is 4.74. The summed E-state index contributed by atoms with van der Waals surface area (Å²) < 4.78 is 6.82. The van der Waals surface area contributed by atoms with E-state index in [1.54, 1.807) is 0 Å². The number of allylic oxidation sites excluding steroid dienone is 1. The van der Waals surface area contributed by atoms with Crippen molar-refractivity contribution >= 4 is 0 Å². The molecule has 1 saturated heterocycles. The molecule has 1 heterocycles. The van der Waals surface area contributed by atoms with Crippen molar-refractivity contribution in [3.63, 3.8) is 0 Å². The maximum atomic E-state index is 6.82. The van der Waals surface area contributed by atoms with Crippen LogP contribution in [0.4, 0.5) is 0 Å². The van der Waals surface area contributed by atoms with Gasteiger partial charge in [0.05, 0.1) is 11.2 Å². The molecule has 1 aliphatic heterocycles. The lowest BCUT2D eigenvalue weighted by molar-refractivity contribution is -0.305. The van der Waals surface area contributed by atoms with Crippen molar-refractivity contribution in [1.82, 2.24) is 0 Å². The van der Waals surface area contributed by atoms with Crippen LogP contribution in [0.25, 0.3) is 0 Å². The standard InChI is InChI=1S/C18H28O/c1-13-9-7-11-17(5)18(13,6)14(2)15(3)10-8-12-16(15,4)19-17/h7-10,13-14H,11-12H2,1-6H3. The van der Waals surface area contributed by atoms with Crippen LogP contribution in [0, 0.1) is 22.7 Å². The highest BCUT2D eigenvalue weighted by Crippen LogP contribution is 2.67. The fourth-order valence-electron chi connectivity index (χ4n) is 5.20. The molecule has 2 aliphatic carbocycles. The largest absolute Gasteiger partial charge is 0.367 e. The van der Waals surface area contributed by atoms with Gasteiger partial charge in [0.1, 0.15) is 0 Å². The molecule has 0 spiro atoms. The van der Waals surface area contributed by atoms with Crippen LogP contribution < -0.4 is 0 Å². The molecule has 106 valence electrons. The highest BCUT2D eigenvalue weighted by molar-refractivity contribution is 5.28. The Bertz CT molecular complexity index is 464.